The summed E-state index contributed by atoms with van der Waals surface area (Å²) in [5.41, 5.74) is 7.98. The van der Waals surface area contributed by atoms with Gasteiger partial charge in [0.05, 0.1) is 7.11 Å². The van der Waals surface area contributed by atoms with E-state index >= 15 is 0 Å². The van der Waals surface area contributed by atoms with E-state index in [-0.39, 0.29) is 0 Å². The Morgan fingerprint density at radius 2 is 1.86 bits per heavy atom. The van der Waals surface area contributed by atoms with Crippen molar-refractivity contribution >= 4 is 0 Å². The molecule has 1 atom stereocenters. The third kappa shape index (κ3) is 3.56. The summed E-state index contributed by atoms with van der Waals surface area (Å²) in [4.78, 5) is 0. The summed E-state index contributed by atoms with van der Waals surface area (Å²) >= 11 is 0. The Bertz CT molecular complexity index is 596. The summed E-state index contributed by atoms with van der Waals surface area (Å²) in [7, 11) is 1.65. The fourth-order valence-electron chi connectivity index (χ4n) is 2.24. The maximum absolute atomic E-state index is 6.14. The van der Waals surface area contributed by atoms with Crippen LogP contribution in [0.5, 0.6) is 17.2 Å². The van der Waals surface area contributed by atoms with E-state index in [2.05, 4.69) is 19.9 Å². The highest BCUT2D eigenvalue weighted by Crippen LogP contribution is 2.34. The molecular formula is C18H23NO2. The van der Waals surface area contributed by atoms with Crippen LogP contribution < -0.4 is 15.2 Å². The van der Waals surface area contributed by atoms with Gasteiger partial charge in [-0.05, 0) is 30.0 Å². The van der Waals surface area contributed by atoms with Gasteiger partial charge >= 0.3 is 0 Å². The molecule has 0 radical (unpaired) electrons. The minimum Gasteiger partial charge on any atom is -0.497 e. The number of ether oxygens (including phenoxy) is 2. The molecular weight excluding hydrogens is 262 g/mol. The Labute approximate surface area is 126 Å². The molecule has 0 spiro atoms. The number of methoxy groups -OCH3 is 1. The Morgan fingerprint density at radius 1 is 1.10 bits per heavy atom. The Hall–Kier alpha value is -2.00. The van der Waals surface area contributed by atoms with Crippen LogP contribution in [0.4, 0.5) is 0 Å². The van der Waals surface area contributed by atoms with Crippen LogP contribution in [0, 0.1) is 0 Å². The molecule has 1 unspecified atom stereocenters. The van der Waals surface area contributed by atoms with Gasteiger partial charge in [-0.1, -0.05) is 38.1 Å². The SMILES string of the molecule is CCC(C)c1ccccc1Oc1cc(OC)ccc1CN. The first-order valence-electron chi connectivity index (χ1n) is 7.33. The topological polar surface area (TPSA) is 44.5 Å². The predicted octanol–water partition coefficient (Wildman–Crippen LogP) is 4.46. The van der Waals surface area contributed by atoms with Crippen molar-refractivity contribution in [2.75, 3.05) is 7.11 Å². The normalized spacial score (nSPS) is 12.0. The number of benzene rings is 2. The van der Waals surface area contributed by atoms with Crippen molar-refractivity contribution in [1.82, 2.24) is 0 Å². The molecule has 3 heteroatoms. The van der Waals surface area contributed by atoms with Crippen LogP contribution in [0.25, 0.3) is 0 Å². The summed E-state index contributed by atoms with van der Waals surface area (Å²) in [5, 5.41) is 0. The maximum atomic E-state index is 6.14. The molecule has 112 valence electrons. The van der Waals surface area contributed by atoms with Crippen molar-refractivity contribution in [3.05, 3.63) is 53.6 Å². The predicted molar refractivity (Wildman–Crippen MR) is 86.1 cm³/mol. The van der Waals surface area contributed by atoms with Crippen LogP contribution >= 0.6 is 0 Å². The zero-order valence-electron chi connectivity index (χ0n) is 12.9. The molecule has 2 rings (SSSR count). The number of hydrogen-bond acceptors (Lipinski definition) is 3. The second-order valence-electron chi connectivity index (χ2n) is 5.13. The lowest BCUT2D eigenvalue weighted by Gasteiger charge is -2.17. The third-order valence-electron chi connectivity index (χ3n) is 3.78. The lowest BCUT2D eigenvalue weighted by Crippen LogP contribution is -2.02. The number of rotatable bonds is 6. The van der Waals surface area contributed by atoms with Crippen LogP contribution in [0.1, 0.15) is 37.3 Å². The Balaban J connectivity index is 2.38. The quantitative estimate of drug-likeness (QED) is 0.852. The highest BCUT2D eigenvalue weighted by molar-refractivity contribution is 5.45. The van der Waals surface area contributed by atoms with E-state index in [1.807, 2.05) is 36.4 Å². The zero-order valence-corrected chi connectivity index (χ0v) is 12.9. The van der Waals surface area contributed by atoms with Gasteiger partial charge < -0.3 is 15.2 Å². The molecule has 0 fully saturated rings. The molecule has 0 saturated carbocycles. The zero-order chi connectivity index (χ0) is 15.2. The van der Waals surface area contributed by atoms with Gasteiger partial charge in [0.2, 0.25) is 0 Å². The smallest absolute Gasteiger partial charge is 0.135 e. The molecule has 3 nitrogen and oxygen atoms in total. The summed E-state index contributed by atoms with van der Waals surface area (Å²) in [6, 6.07) is 13.9. The van der Waals surface area contributed by atoms with E-state index in [4.69, 9.17) is 15.2 Å². The maximum Gasteiger partial charge on any atom is 0.135 e. The number of hydrogen-bond donors (Lipinski definition) is 1. The molecule has 0 heterocycles. The average molecular weight is 285 g/mol. The first-order chi connectivity index (χ1) is 10.2. The highest BCUT2D eigenvalue weighted by Gasteiger charge is 2.12. The van der Waals surface area contributed by atoms with Crippen LogP contribution in [0.2, 0.25) is 0 Å². The standard InChI is InChI=1S/C18H23NO2/c1-4-13(2)16-7-5-6-8-17(16)21-18-11-15(20-3)10-9-14(18)12-19/h5-11,13H,4,12,19H2,1-3H3. The van der Waals surface area contributed by atoms with Gasteiger partial charge in [0.15, 0.2) is 0 Å². The molecule has 2 aromatic carbocycles. The Kier molecular flexibility index (Phi) is 5.23. The van der Waals surface area contributed by atoms with Crippen molar-refractivity contribution in [2.24, 2.45) is 5.73 Å². The average Bonchev–Trinajstić information content (AvgIpc) is 2.54. The van der Waals surface area contributed by atoms with Crippen molar-refractivity contribution in [3.8, 4) is 17.2 Å². The largest absolute Gasteiger partial charge is 0.497 e. The minimum atomic E-state index is 0.435. The second-order valence-corrected chi connectivity index (χ2v) is 5.13. The van der Waals surface area contributed by atoms with Crippen molar-refractivity contribution < 1.29 is 9.47 Å². The molecule has 2 N–H and O–H groups in total. The van der Waals surface area contributed by atoms with E-state index in [1.54, 1.807) is 7.11 Å². The lowest BCUT2D eigenvalue weighted by molar-refractivity contribution is 0.407. The third-order valence-corrected chi connectivity index (χ3v) is 3.78. The van der Waals surface area contributed by atoms with Crippen LogP contribution in [0.15, 0.2) is 42.5 Å². The van der Waals surface area contributed by atoms with Crippen LogP contribution in [0.3, 0.4) is 0 Å². The summed E-state index contributed by atoms with van der Waals surface area (Å²) in [6.45, 7) is 4.82. The highest BCUT2D eigenvalue weighted by atomic mass is 16.5. The summed E-state index contributed by atoms with van der Waals surface area (Å²) < 4.78 is 11.4. The van der Waals surface area contributed by atoms with E-state index < -0.39 is 0 Å². The van der Waals surface area contributed by atoms with Crippen molar-refractivity contribution in [1.29, 1.82) is 0 Å². The van der Waals surface area contributed by atoms with Gasteiger partial charge in [-0.2, -0.15) is 0 Å². The lowest BCUT2D eigenvalue weighted by atomic mass is 9.98. The molecule has 0 amide bonds. The molecule has 0 aromatic heterocycles. The molecule has 0 bridgehead atoms. The summed E-state index contributed by atoms with van der Waals surface area (Å²) in [6.07, 6.45) is 1.07. The van der Waals surface area contributed by atoms with Gasteiger partial charge in [0.1, 0.15) is 17.2 Å². The number of para-hydroxylation sites is 1. The molecule has 0 aliphatic carbocycles. The van der Waals surface area contributed by atoms with Crippen molar-refractivity contribution in [2.45, 2.75) is 32.7 Å². The van der Waals surface area contributed by atoms with Gasteiger partial charge in [-0.15, -0.1) is 0 Å². The van der Waals surface area contributed by atoms with Gasteiger partial charge in [-0.25, -0.2) is 0 Å². The number of nitrogens with two attached hydrogens (primary N) is 1. The molecule has 0 aliphatic rings. The molecule has 2 aromatic rings. The molecule has 0 saturated heterocycles. The molecule has 0 aliphatic heterocycles. The molecule has 21 heavy (non-hydrogen) atoms. The monoisotopic (exact) mass is 285 g/mol. The van der Waals surface area contributed by atoms with Gasteiger partial charge in [0.25, 0.3) is 0 Å². The van der Waals surface area contributed by atoms with Crippen LogP contribution in [-0.4, -0.2) is 7.11 Å². The van der Waals surface area contributed by atoms with Gasteiger partial charge in [-0.3, -0.25) is 0 Å². The van der Waals surface area contributed by atoms with E-state index in [0.717, 1.165) is 29.2 Å². The second kappa shape index (κ2) is 7.14. The van der Waals surface area contributed by atoms with E-state index in [1.165, 1.54) is 5.56 Å². The first-order valence-corrected chi connectivity index (χ1v) is 7.33. The first kappa shape index (κ1) is 15.4. The minimum absolute atomic E-state index is 0.435. The van der Waals surface area contributed by atoms with E-state index in [9.17, 15) is 0 Å². The van der Waals surface area contributed by atoms with Crippen molar-refractivity contribution in [3.63, 3.8) is 0 Å². The Morgan fingerprint density at radius 3 is 2.52 bits per heavy atom. The summed E-state index contributed by atoms with van der Waals surface area (Å²) in [5.74, 6) is 2.86. The van der Waals surface area contributed by atoms with Gasteiger partial charge in [0, 0.05) is 18.2 Å². The van der Waals surface area contributed by atoms with Crippen LogP contribution in [-0.2, 0) is 6.54 Å². The fourth-order valence-corrected chi connectivity index (χ4v) is 2.24. The fraction of sp³-hybridized carbons (Fsp3) is 0.333. The van der Waals surface area contributed by atoms with E-state index in [0.29, 0.717) is 12.5 Å².